The van der Waals surface area contributed by atoms with Crippen LogP contribution < -0.4 is 14.5 Å². The highest BCUT2D eigenvalue weighted by atomic mass is 16.5. The van der Waals surface area contributed by atoms with E-state index >= 15 is 0 Å². The lowest BCUT2D eigenvalue weighted by Gasteiger charge is -2.33. The third-order valence-electron chi connectivity index (χ3n) is 5.86. The summed E-state index contributed by atoms with van der Waals surface area (Å²) in [6.45, 7) is 6.41. The summed E-state index contributed by atoms with van der Waals surface area (Å²) in [6.07, 6.45) is 5.84. The first-order chi connectivity index (χ1) is 12.4. The molecule has 2 N–H and O–H groups in total. The van der Waals surface area contributed by atoms with Gasteiger partial charge < -0.3 is 14.5 Å². The van der Waals surface area contributed by atoms with Crippen molar-refractivity contribution in [1.29, 1.82) is 0 Å². The first-order valence-electron chi connectivity index (χ1n) is 9.87. The van der Waals surface area contributed by atoms with Gasteiger partial charge in [-0.3, -0.25) is 0 Å². The van der Waals surface area contributed by atoms with Crippen molar-refractivity contribution in [3.8, 4) is 11.5 Å². The highest BCUT2D eigenvalue weighted by molar-refractivity contribution is 5.33. The molecule has 1 saturated carbocycles. The highest BCUT2D eigenvalue weighted by Crippen LogP contribution is 2.21. The van der Waals surface area contributed by atoms with Gasteiger partial charge in [0.15, 0.2) is 0 Å². The number of benzene rings is 2. The lowest BCUT2D eigenvalue weighted by molar-refractivity contribution is -1.03. The largest absolute Gasteiger partial charge is 0.457 e. The average Bonchev–Trinajstić information content (AvgIpc) is 3.18. The van der Waals surface area contributed by atoms with E-state index in [0.717, 1.165) is 24.1 Å². The Morgan fingerprint density at radius 1 is 0.800 bits per heavy atom. The normalized spacial score (nSPS) is 24.3. The Labute approximate surface area is 151 Å². The molecule has 0 bridgehead atoms. The van der Waals surface area contributed by atoms with E-state index in [-0.39, 0.29) is 0 Å². The summed E-state index contributed by atoms with van der Waals surface area (Å²) in [5.41, 5.74) is 1.38. The molecule has 2 aromatic carbocycles. The van der Waals surface area contributed by atoms with Crippen LogP contribution in [0.5, 0.6) is 11.5 Å². The molecule has 1 saturated heterocycles. The predicted octanol–water partition coefficient (Wildman–Crippen LogP) is 1.70. The van der Waals surface area contributed by atoms with Crippen molar-refractivity contribution < 1.29 is 14.5 Å². The second kappa shape index (κ2) is 8.03. The fourth-order valence-corrected chi connectivity index (χ4v) is 4.48. The standard InChI is InChI=1S/C22H28N2O/c1-2-10-21(11-3-1)25-22-12-6-7-19(17-22)18-23-13-15-24(16-14-23)20-8-4-5-9-20/h1-3,6-7,10-12,17,20H,4-5,8-9,13-16,18H2/p+2. The molecule has 2 aromatic rings. The smallest absolute Gasteiger partial charge is 0.127 e. The van der Waals surface area contributed by atoms with Crippen LogP contribution in [-0.4, -0.2) is 32.2 Å². The molecule has 2 fully saturated rings. The first-order valence-corrected chi connectivity index (χ1v) is 9.87. The first kappa shape index (κ1) is 16.6. The van der Waals surface area contributed by atoms with E-state index in [1.807, 2.05) is 41.3 Å². The molecule has 0 radical (unpaired) electrons. The molecule has 0 atom stereocenters. The van der Waals surface area contributed by atoms with Crippen LogP contribution in [-0.2, 0) is 6.54 Å². The molecule has 0 aromatic heterocycles. The van der Waals surface area contributed by atoms with Gasteiger partial charge in [0.25, 0.3) is 0 Å². The summed E-state index contributed by atoms with van der Waals surface area (Å²) in [7, 11) is 0. The monoisotopic (exact) mass is 338 g/mol. The number of hydrogen-bond acceptors (Lipinski definition) is 1. The second-order valence-electron chi connectivity index (χ2n) is 7.63. The summed E-state index contributed by atoms with van der Waals surface area (Å²) < 4.78 is 5.98. The van der Waals surface area contributed by atoms with E-state index < -0.39 is 0 Å². The number of para-hydroxylation sites is 1. The van der Waals surface area contributed by atoms with E-state index in [9.17, 15) is 0 Å². The van der Waals surface area contributed by atoms with Gasteiger partial charge in [-0.25, -0.2) is 0 Å². The molecule has 132 valence electrons. The molecular weight excluding hydrogens is 308 g/mol. The molecule has 3 heteroatoms. The van der Waals surface area contributed by atoms with Gasteiger partial charge in [-0.1, -0.05) is 30.3 Å². The van der Waals surface area contributed by atoms with Gasteiger partial charge in [0.2, 0.25) is 0 Å². The van der Waals surface area contributed by atoms with Crippen molar-refractivity contribution >= 4 is 0 Å². The van der Waals surface area contributed by atoms with E-state index in [4.69, 9.17) is 4.74 Å². The Balaban J connectivity index is 1.31. The van der Waals surface area contributed by atoms with Crippen molar-refractivity contribution in [3.63, 3.8) is 0 Å². The maximum Gasteiger partial charge on any atom is 0.127 e. The topological polar surface area (TPSA) is 18.1 Å². The van der Waals surface area contributed by atoms with Gasteiger partial charge in [-0.15, -0.1) is 0 Å². The lowest BCUT2D eigenvalue weighted by Crippen LogP contribution is -3.29. The van der Waals surface area contributed by atoms with Crippen molar-refractivity contribution in [1.82, 2.24) is 0 Å². The molecule has 25 heavy (non-hydrogen) atoms. The number of rotatable bonds is 5. The van der Waals surface area contributed by atoms with Gasteiger partial charge >= 0.3 is 0 Å². The maximum absolute atomic E-state index is 5.98. The third-order valence-corrected chi connectivity index (χ3v) is 5.86. The van der Waals surface area contributed by atoms with Gasteiger partial charge in [0.1, 0.15) is 44.2 Å². The summed E-state index contributed by atoms with van der Waals surface area (Å²) in [5.74, 6) is 1.85. The van der Waals surface area contributed by atoms with Crippen LogP contribution in [0.2, 0.25) is 0 Å². The Hall–Kier alpha value is -1.84. The molecule has 1 aliphatic carbocycles. The number of piperazine rings is 1. The third kappa shape index (κ3) is 4.42. The van der Waals surface area contributed by atoms with E-state index in [2.05, 4.69) is 18.2 Å². The SMILES string of the molecule is c1ccc(Oc2cccc(C[NH+]3CC[NH+](C4CCCC4)CC3)c2)cc1. The van der Waals surface area contributed by atoms with Crippen LogP contribution >= 0.6 is 0 Å². The predicted molar refractivity (Wildman–Crippen MR) is 100 cm³/mol. The summed E-state index contributed by atoms with van der Waals surface area (Å²) >= 11 is 0. The van der Waals surface area contributed by atoms with E-state index in [0.29, 0.717) is 0 Å². The van der Waals surface area contributed by atoms with Gasteiger partial charge in [0, 0.05) is 5.56 Å². The van der Waals surface area contributed by atoms with Crippen molar-refractivity contribution in [2.75, 3.05) is 26.2 Å². The Morgan fingerprint density at radius 2 is 1.52 bits per heavy atom. The fraction of sp³-hybridized carbons (Fsp3) is 0.455. The number of ether oxygens (including phenoxy) is 1. The quantitative estimate of drug-likeness (QED) is 0.849. The van der Waals surface area contributed by atoms with Crippen molar-refractivity contribution in [2.45, 2.75) is 38.3 Å². The Kier molecular flexibility index (Phi) is 5.34. The van der Waals surface area contributed by atoms with E-state index in [1.54, 1.807) is 4.90 Å². The lowest BCUT2D eigenvalue weighted by atomic mass is 10.1. The minimum Gasteiger partial charge on any atom is -0.457 e. The fourth-order valence-electron chi connectivity index (χ4n) is 4.48. The van der Waals surface area contributed by atoms with Crippen molar-refractivity contribution in [3.05, 3.63) is 60.2 Å². The zero-order chi connectivity index (χ0) is 16.9. The second-order valence-corrected chi connectivity index (χ2v) is 7.63. The van der Waals surface area contributed by atoms with Crippen LogP contribution in [0, 0.1) is 0 Å². The zero-order valence-corrected chi connectivity index (χ0v) is 15.0. The Morgan fingerprint density at radius 3 is 2.28 bits per heavy atom. The molecule has 4 rings (SSSR count). The molecule has 2 aliphatic rings. The molecular formula is C22H30N2O+2. The van der Waals surface area contributed by atoms with Gasteiger partial charge in [0.05, 0.1) is 6.04 Å². The van der Waals surface area contributed by atoms with Crippen LogP contribution in [0.3, 0.4) is 0 Å². The molecule has 0 spiro atoms. The molecule has 1 aliphatic heterocycles. The number of hydrogen-bond donors (Lipinski definition) is 2. The molecule has 0 unspecified atom stereocenters. The highest BCUT2D eigenvalue weighted by Gasteiger charge is 2.31. The molecule has 3 nitrogen and oxygen atoms in total. The Bertz CT molecular complexity index is 659. The van der Waals surface area contributed by atoms with Gasteiger partial charge in [-0.05, 0) is 49.9 Å². The summed E-state index contributed by atoms with van der Waals surface area (Å²) in [5, 5.41) is 0. The molecule has 1 heterocycles. The van der Waals surface area contributed by atoms with Crippen molar-refractivity contribution in [2.24, 2.45) is 0 Å². The van der Waals surface area contributed by atoms with Crippen LogP contribution in [0.15, 0.2) is 54.6 Å². The summed E-state index contributed by atoms with van der Waals surface area (Å²) in [6, 6.07) is 19.6. The maximum atomic E-state index is 5.98. The van der Waals surface area contributed by atoms with Gasteiger partial charge in [-0.2, -0.15) is 0 Å². The minimum atomic E-state index is 0.903. The average molecular weight is 338 g/mol. The zero-order valence-electron chi connectivity index (χ0n) is 15.0. The van der Waals surface area contributed by atoms with Crippen LogP contribution in [0.4, 0.5) is 0 Å². The summed E-state index contributed by atoms with van der Waals surface area (Å²) in [4.78, 5) is 3.60. The molecule has 0 amide bonds. The van der Waals surface area contributed by atoms with Crippen LogP contribution in [0.1, 0.15) is 31.2 Å². The van der Waals surface area contributed by atoms with Crippen LogP contribution in [0.25, 0.3) is 0 Å². The minimum absolute atomic E-state index is 0.903. The number of quaternary nitrogens is 2. The van der Waals surface area contributed by atoms with E-state index in [1.165, 1.54) is 57.4 Å². The number of nitrogens with one attached hydrogen (secondary N) is 2.